The van der Waals surface area contributed by atoms with Gasteiger partial charge in [-0.1, -0.05) is 60.7 Å². The van der Waals surface area contributed by atoms with E-state index in [0.717, 1.165) is 4.90 Å². The van der Waals surface area contributed by atoms with E-state index in [-0.39, 0.29) is 6.10 Å². The first-order valence-electron chi connectivity index (χ1n) is 8.51. The topological polar surface area (TPSA) is 75.7 Å². The van der Waals surface area contributed by atoms with Gasteiger partial charge < -0.3 is 10.1 Å². The predicted molar refractivity (Wildman–Crippen MR) is 93.0 cm³/mol. The molecule has 2 fully saturated rings. The number of cyclic esters (lactones) is 1. The Bertz CT molecular complexity index is 826. The molecule has 3 amide bonds. The molecule has 0 saturated carbocycles. The Morgan fingerprint density at radius 2 is 1.50 bits per heavy atom. The summed E-state index contributed by atoms with van der Waals surface area (Å²) >= 11 is 0. The smallest absolute Gasteiger partial charge is 0.329 e. The molecule has 2 aliphatic heterocycles. The lowest BCUT2D eigenvalue weighted by atomic mass is 9.82. The van der Waals surface area contributed by atoms with E-state index in [1.807, 2.05) is 36.4 Å². The number of hydrogen-bond donors (Lipinski definition) is 1. The highest BCUT2D eigenvalue weighted by atomic mass is 16.6. The molecule has 2 aromatic carbocycles. The van der Waals surface area contributed by atoms with Crippen molar-refractivity contribution >= 4 is 17.9 Å². The van der Waals surface area contributed by atoms with Gasteiger partial charge in [0.05, 0.1) is 0 Å². The normalized spacial score (nSPS) is 24.5. The maximum absolute atomic E-state index is 13.5. The van der Waals surface area contributed by atoms with Crippen LogP contribution in [0.4, 0.5) is 4.79 Å². The van der Waals surface area contributed by atoms with Crippen LogP contribution in [0.2, 0.25) is 0 Å². The first kappa shape index (κ1) is 16.3. The van der Waals surface area contributed by atoms with Crippen molar-refractivity contribution in [1.82, 2.24) is 10.2 Å². The molecule has 2 atom stereocenters. The molecule has 2 aliphatic rings. The number of esters is 1. The predicted octanol–water partition coefficient (Wildman–Crippen LogP) is 2.19. The molecular formula is C20H18N2O4. The standard InChI is InChI=1S/C20H18N2O4/c1-13-12-16(17(23)26-13)22-18(24)20(21-19(22)25,14-8-4-2-5-9-14)15-10-6-3-7-11-15/h2-11,13,16H,12H2,1H3,(H,21,25)/t13-,16+/m0/s1. The molecular weight excluding hydrogens is 332 g/mol. The summed E-state index contributed by atoms with van der Waals surface area (Å²) in [4.78, 5) is 39.5. The monoisotopic (exact) mass is 350 g/mol. The molecule has 2 aromatic rings. The number of benzene rings is 2. The first-order chi connectivity index (χ1) is 12.5. The minimum absolute atomic E-state index is 0.303. The lowest BCUT2D eigenvalue weighted by Crippen LogP contribution is -2.47. The van der Waals surface area contributed by atoms with Crippen molar-refractivity contribution in [2.45, 2.75) is 31.0 Å². The van der Waals surface area contributed by atoms with Crippen molar-refractivity contribution in [3.05, 3.63) is 71.8 Å². The fourth-order valence-corrected chi connectivity index (χ4v) is 3.71. The average molecular weight is 350 g/mol. The highest BCUT2D eigenvalue weighted by Gasteiger charge is 2.58. The molecule has 1 N–H and O–H groups in total. The van der Waals surface area contributed by atoms with Crippen molar-refractivity contribution < 1.29 is 19.1 Å². The Labute approximate surface area is 150 Å². The van der Waals surface area contributed by atoms with Crippen LogP contribution in [0.3, 0.4) is 0 Å². The van der Waals surface area contributed by atoms with Gasteiger partial charge in [-0.15, -0.1) is 0 Å². The summed E-state index contributed by atoms with van der Waals surface area (Å²) in [7, 11) is 0. The molecule has 26 heavy (non-hydrogen) atoms. The lowest BCUT2D eigenvalue weighted by molar-refractivity contribution is -0.147. The van der Waals surface area contributed by atoms with Crippen LogP contribution >= 0.6 is 0 Å². The minimum atomic E-state index is -1.36. The van der Waals surface area contributed by atoms with Gasteiger partial charge in [0.2, 0.25) is 0 Å². The van der Waals surface area contributed by atoms with Crippen molar-refractivity contribution in [1.29, 1.82) is 0 Å². The third kappa shape index (κ3) is 2.29. The van der Waals surface area contributed by atoms with Crippen LogP contribution in [-0.4, -0.2) is 35.0 Å². The number of carbonyl (C=O) groups excluding carboxylic acids is 3. The van der Waals surface area contributed by atoms with Gasteiger partial charge in [-0.05, 0) is 18.1 Å². The number of nitrogens with zero attached hydrogens (tertiary/aromatic N) is 1. The second-order valence-corrected chi connectivity index (χ2v) is 6.59. The number of ether oxygens (including phenoxy) is 1. The molecule has 0 aromatic heterocycles. The van der Waals surface area contributed by atoms with Crippen molar-refractivity contribution in [3.8, 4) is 0 Å². The van der Waals surface area contributed by atoms with Gasteiger partial charge in [0, 0.05) is 6.42 Å². The maximum atomic E-state index is 13.5. The maximum Gasteiger partial charge on any atom is 0.329 e. The molecule has 0 bridgehead atoms. The molecule has 2 heterocycles. The zero-order chi connectivity index (χ0) is 18.3. The van der Waals surface area contributed by atoms with Crippen LogP contribution in [0.15, 0.2) is 60.7 Å². The van der Waals surface area contributed by atoms with Crippen LogP contribution in [0.1, 0.15) is 24.5 Å². The summed E-state index contributed by atoms with van der Waals surface area (Å²) in [5.41, 5.74) is -0.0657. The summed E-state index contributed by atoms with van der Waals surface area (Å²) in [6.45, 7) is 1.75. The fraction of sp³-hybridized carbons (Fsp3) is 0.250. The highest BCUT2D eigenvalue weighted by molar-refractivity contribution is 6.11. The molecule has 0 spiro atoms. The van der Waals surface area contributed by atoms with Gasteiger partial charge in [0.15, 0.2) is 5.54 Å². The summed E-state index contributed by atoms with van der Waals surface area (Å²) in [5, 5.41) is 2.84. The highest BCUT2D eigenvalue weighted by Crippen LogP contribution is 2.38. The van der Waals surface area contributed by atoms with Gasteiger partial charge in [0.1, 0.15) is 12.1 Å². The van der Waals surface area contributed by atoms with Crippen LogP contribution in [-0.2, 0) is 19.9 Å². The number of rotatable bonds is 3. The molecule has 6 heteroatoms. The van der Waals surface area contributed by atoms with E-state index in [0.29, 0.717) is 17.5 Å². The lowest BCUT2D eigenvalue weighted by Gasteiger charge is -2.28. The Morgan fingerprint density at radius 3 is 1.96 bits per heavy atom. The number of nitrogens with one attached hydrogen (secondary N) is 1. The van der Waals surface area contributed by atoms with Crippen LogP contribution < -0.4 is 5.32 Å². The number of hydrogen-bond acceptors (Lipinski definition) is 4. The number of carbonyl (C=O) groups is 3. The Balaban J connectivity index is 1.85. The zero-order valence-electron chi connectivity index (χ0n) is 14.2. The van der Waals surface area contributed by atoms with Crippen LogP contribution in [0, 0.1) is 0 Å². The van der Waals surface area contributed by atoms with E-state index in [2.05, 4.69) is 5.32 Å². The van der Waals surface area contributed by atoms with Crippen molar-refractivity contribution in [3.63, 3.8) is 0 Å². The Morgan fingerprint density at radius 1 is 0.962 bits per heavy atom. The summed E-state index contributed by atoms with van der Waals surface area (Å²) in [6, 6.07) is 16.6. The summed E-state index contributed by atoms with van der Waals surface area (Å²) < 4.78 is 5.15. The van der Waals surface area contributed by atoms with Gasteiger partial charge in [0.25, 0.3) is 5.91 Å². The van der Waals surface area contributed by atoms with E-state index < -0.39 is 29.5 Å². The third-order valence-corrected chi connectivity index (χ3v) is 4.92. The summed E-state index contributed by atoms with van der Waals surface area (Å²) in [5.74, 6) is -1.01. The van der Waals surface area contributed by atoms with Crippen LogP contribution in [0.5, 0.6) is 0 Å². The van der Waals surface area contributed by atoms with E-state index in [9.17, 15) is 14.4 Å². The average Bonchev–Trinajstić information content (AvgIpc) is 3.12. The molecule has 0 radical (unpaired) electrons. The summed E-state index contributed by atoms with van der Waals surface area (Å²) in [6.07, 6.45) is -0.0194. The van der Waals surface area contributed by atoms with E-state index in [1.54, 1.807) is 31.2 Å². The first-order valence-corrected chi connectivity index (χ1v) is 8.51. The molecule has 2 saturated heterocycles. The fourth-order valence-electron chi connectivity index (χ4n) is 3.71. The van der Waals surface area contributed by atoms with E-state index in [4.69, 9.17) is 4.74 Å². The van der Waals surface area contributed by atoms with Gasteiger partial charge in [-0.2, -0.15) is 0 Å². The van der Waals surface area contributed by atoms with Gasteiger partial charge in [-0.25, -0.2) is 14.5 Å². The van der Waals surface area contributed by atoms with Crippen LogP contribution in [0.25, 0.3) is 0 Å². The molecule has 6 nitrogen and oxygen atoms in total. The number of imide groups is 1. The van der Waals surface area contributed by atoms with Crippen molar-refractivity contribution in [2.75, 3.05) is 0 Å². The van der Waals surface area contributed by atoms with E-state index in [1.165, 1.54) is 0 Å². The number of amides is 3. The molecule has 132 valence electrons. The Hall–Kier alpha value is -3.15. The largest absolute Gasteiger partial charge is 0.461 e. The number of urea groups is 1. The Kier molecular flexibility index (Phi) is 3.76. The molecule has 0 aliphatic carbocycles. The minimum Gasteiger partial charge on any atom is -0.461 e. The zero-order valence-corrected chi connectivity index (χ0v) is 14.2. The SMILES string of the molecule is C[C@H]1C[C@@H](N2C(=O)NC(c3ccccc3)(c3ccccc3)C2=O)C(=O)O1. The third-order valence-electron chi connectivity index (χ3n) is 4.92. The second kappa shape index (κ2) is 5.98. The van der Waals surface area contributed by atoms with Gasteiger partial charge in [-0.3, -0.25) is 4.79 Å². The van der Waals surface area contributed by atoms with E-state index >= 15 is 0 Å². The molecule has 4 rings (SSSR count). The quantitative estimate of drug-likeness (QED) is 0.680. The second-order valence-electron chi connectivity index (χ2n) is 6.59. The van der Waals surface area contributed by atoms with Crippen molar-refractivity contribution in [2.24, 2.45) is 0 Å². The van der Waals surface area contributed by atoms with Gasteiger partial charge >= 0.3 is 12.0 Å². The molecule has 0 unspecified atom stereocenters.